The third-order valence-corrected chi connectivity index (χ3v) is 4.08. The van der Waals surface area contributed by atoms with Crippen LogP contribution >= 0.6 is 0 Å². The van der Waals surface area contributed by atoms with Gasteiger partial charge in [0.1, 0.15) is 5.75 Å². The average molecular weight is 362 g/mol. The molecule has 0 saturated carbocycles. The van der Waals surface area contributed by atoms with Gasteiger partial charge in [-0.25, -0.2) is 0 Å². The maximum Gasteiger partial charge on any atom is 0.310 e. The van der Waals surface area contributed by atoms with Crippen molar-refractivity contribution in [1.82, 2.24) is 4.90 Å². The van der Waals surface area contributed by atoms with Crippen LogP contribution in [0.2, 0.25) is 0 Å². The molecular formula is C19H26N2O5. The van der Waals surface area contributed by atoms with E-state index in [9.17, 15) is 14.4 Å². The van der Waals surface area contributed by atoms with Gasteiger partial charge in [-0.1, -0.05) is 12.1 Å². The van der Waals surface area contributed by atoms with Gasteiger partial charge in [-0.2, -0.15) is 0 Å². The number of para-hydroxylation sites is 2. The highest BCUT2D eigenvalue weighted by Crippen LogP contribution is 2.29. The standard InChI is InChI=1S/C19H26N2O5/c1-11(2)21(12(3)4)19(24)13(5)25-17(22)10-16-18(23)20-14-8-6-7-9-15(14)26-16/h6-9,11-13,16H,10H2,1-5H3,(H,20,23)/t13-,16-/m1/s1. The number of fused-ring (bicyclic) bond motifs is 1. The molecule has 1 aliphatic heterocycles. The minimum absolute atomic E-state index is 0.00684. The first kappa shape index (κ1) is 19.8. The van der Waals surface area contributed by atoms with Gasteiger partial charge in [-0.3, -0.25) is 14.4 Å². The fourth-order valence-corrected chi connectivity index (χ4v) is 2.99. The van der Waals surface area contributed by atoms with Crippen molar-refractivity contribution in [1.29, 1.82) is 0 Å². The van der Waals surface area contributed by atoms with Gasteiger partial charge >= 0.3 is 5.97 Å². The highest BCUT2D eigenvalue weighted by atomic mass is 16.6. The van der Waals surface area contributed by atoms with Crippen LogP contribution in [0, 0.1) is 0 Å². The molecule has 0 saturated heterocycles. The number of carbonyl (C=O) groups is 3. The van der Waals surface area contributed by atoms with E-state index in [0.717, 1.165) is 0 Å². The Morgan fingerprint density at radius 3 is 2.38 bits per heavy atom. The van der Waals surface area contributed by atoms with Crippen molar-refractivity contribution in [3.63, 3.8) is 0 Å². The molecule has 1 aromatic carbocycles. The van der Waals surface area contributed by atoms with E-state index in [1.807, 2.05) is 27.7 Å². The van der Waals surface area contributed by atoms with Crippen molar-refractivity contribution in [3.8, 4) is 5.75 Å². The number of anilines is 1. The smallest absolute Gasteiger partial charge is 0.310 e. The van der Waals surface area contributed by atoms with Gasteiger partial charge in [0, 0.05) is 12.1 Å². The molecule has 0 radical (unpaired) electrons. The Labute approximate surface area is 153 Å². The first-order valence-electron chi connectivity index (χ1n) is 8.79. The fourth-order valence-electron chi connectivity index (χ4n) is 2.99. The Hall–Kier alpha value is -2.57. The molecule has 0 fully saturated rings. The van der Waals surface area contributed by atoms with Gasteiger partial charge in [0.15, 0.2) is 12.2 Å². The fraction of sp³-hybridized carbons (Fsp3) is 0.526. The van der Waals surface area contributed by atoms with Gasteiger partial charge in [0.25, 0.3) is 11.8 Å². The van der Waals surface area contributed by atoms with Crippen LogP contribution in [-0.2, 0) is 19.1 Å². The summed E-state index contributed by atoms with van der Waals surface area (Å²) in [6.45, 7) is 9.16. The topological polar surface area (TPSA) is 84.9 Å². The molecule has 2 amide bonds. The molecule has 1 heterocycles. The van der Waals surface area contributed by atoms with E-state index in [1.54, 1.807) is 29.2 Å². The Bertz CT molecular complexity index is 678. The summed E-state index contributed by atoms with van der Waals surface area (Å²) in [5, 5.41) is 2.69. The normalized spacial score (nSPS) is 17.2. The lowest BCUT2D eigenvalue weighted by atomic mass is 10.1. The summed E-state index contributed by atoms with van der Waals surface area (Å²) >= 11 is 0. The number of carbonyl (C=O) groups excluding carboxylic acids is 3. The Balaban J connectivity index is 1.96. The lowest BCUT2D eigenvalue weighted by molar-refractivity contribution is -0.162. The van der Waals surface area contributed by atoms with Gasteiger partial charge in [0.05, 0.1) is 12.1 Å². The van der Waals surface area contributed by atoms with Gasteiger partial charge in [0.2, 0.25) is 0 Å². The van der Waals surface area contributed by atoms with Crippen LogP contribution in [0.5, 0.6) is 5.75 Å². The highest BCUT2D eigenvalue weighted by Gasteiger charge is 2.32. The summed E-state index contributed by atoms with van der Waals surface area (Å²) in [4.78, 5) is 38.5. The number of hydrogen-bond donors (Lipinski definition) is 1. The lowest BCUT2D eigenvalue weighted by Gasteiger charge is -2.33. The molecular weight excluding hydrogens is 336 g/mol. The quantitative estimate of drug-likeness (QED) is 0.785. The number of rotatable bonds is 6. The predicted molar refractivity (Wildman–Crippen MR) is 96.8 cm³/mol. The number of amides is 2. The van der Waals surface area contributed by atoms with E-state index >= 15 is 0 Å². The third kappa shape index (κ3) is 4.53. The molecule has 7 heteroatoms. The van der Waals surface area contributed by atoms with Gasteiger partial charge < -0.3 is 19.7 Å². The second-order valence-electron chi connectivity index (χ2n) is 6.86. The summed E-state index contributed by atoms with van der Waals surface area (Å²) < 4.78 is 10.8. The third-order valence-electron chi connectivity index (χ3n) is 4.08. The molecule has 1 N–H and O–H groups in total. The summed E-state index contributed by atoms with van der Waals surface area (Å²) in [6.07, 6.45) is -2.17. The van der Waals surface area contributed by atoms with E-state index in [4.69, 9.17) is 9.47 Å². The van der Waals surface area contributed by atoms with Crippen LogP contribution in [0.4, 0.5) is 5.69 Å². The molecule has 0 aliphatic carbocycles. The van der Waals surface area contributed by atoms with Crippen molar-refractivity contribution < 1.29 is 23.9 Å². The molecule has 1 aliphatic rings. The van der Waals surface area contributed by atoms with E-state index < -0.39 is 24.1 Å². The minimum Gasteiger partial charge on any atom is -0.478 e. The maximum absolute atomic E-state index is 12.5. The van der Waals surface area contributed by atoms with Crippen LogP contribution < -0.4 is 10.1 Å². The lowest BCUT2D eigenvalue weighted by Crippen LogP contribution is -2.48. The number of hydrogen-bond acceptors (Lipinski definition) is 5. The molecule has 7 nitrogen and oxygen atoms in total. The van der Waals surface area contributed by atoms with Crippen molar-refractivity contribution in [3.05, 3.63) is 24.3 Å². The van der Waals surface area contributed by atoms with Crippen LogP contribution in [0.3, 0.4) is 0 Å². The number of nitrogens with zero attached hydrogens (tertiary/aromatic N) is 1. The summed E-state index contributed by atoms with van der Waals surface area (Å²) in [7, 11) is 0. The molecule has 0 bridgehead atoms. The van der Waals surface area contributed by atoms with Crippen molar-refractivity contribution in [2.45, 2.75) is 65.3 Å². The van der Waals surface area contributed by atoms with E-state index in [-0.39, 0.29) is 24.4 Å². The molecule has 1 aromatic rings. The Morgan fingerprint density at radius 2 is 1.77 bits per heavy atom. The monoisotopic (exact) mass is 362 g/mol. The average Bonchev–Trinajstić information content (AvgIpc) is 2.54. The van der Waals surface area contributed by atoms with Crippen LogP contribution in [0.25, 0.3) is 0 Å². The zero-order chi connectivity index (χ0) is 19.4. The number of ether oxygens (including phenoxy) is 2. The van der Waals surface area contributed by atoms with E-state index in [0.29, 0.717) is 11.4 Å². The Morgan fingerprint density at radius 1 is 1.15 bits per heavy atom. The van der Waals surface area contributed by atoms with Crippen molar-refractivity contribution in [2.24, 2.45) is 0 Å². The number of benzene rings is 1. The highest BCUT2D eigenvalue weighted by molar-refractivity contribution is 5.99. The SMILES string of the molecule is CC(C)N(C(=O)[C@@H](C)OC(=O)C[C@H]1Oc2ccccc2NC1=O)C(C)C. The van der Waals surface area contributed by atoms with E-state index in [1.165, 1.54) is 6.92 Å². The Kier molecular flexibility index (Phi) is 6.23. The number of nitrogens with one attached hydrogen (secondary N) is 1. The van der Waals surface area contributed by atoms with Crippen LogP contribution in [-0.4, -0.2) is 47.0 Å². The number of esters is 1. The summed E-state index contributed by atoms with van der Waals surface area (Å²) in [6, 6.07) is 6.97. The molecule has 26 heavy (non-hydrogen) atoms. The van der Waals surface area contributed by atoms with Gasteiger partial charge in [-0.15, -0.1) is 0 Å². The zero-order valence-electron chi connectivity index (χ0n) is 15.8. The van der Waals surface area contributed by atoms with Crippen LogP contribution in [0.1, 0.15) is 41.0 Å². The first-order valence-corrected chi connectivity index (χ1v) is 8.79. The molecule has 0 aromatic heterocycles. The molecule has 2 rings (SSSR count). The largest absolute Gasteiger partial charge is 0.478 e. The second kappa shape index (κ2) is 8.21. The summed E-state index contributed by atoms with van der Waals surface area (Å²) in [5.41, 5.74) is 0.565. The van der Waals surface area contributed by atoms with Gasteiger partial charge in [-0.05, 0) is 46.8 Å². The molecule has 0 unspecified atom stereocenters. The maximum atomic E-state index is 12.5. The van der Waals surface area contributed by atoms with Crippen molar-refractivity contribution in [2.75, 3.05) is 5.32 Å². The van der Waals surface area contributed by atoms with E-state index in [2.05, 4.69) is 5.32 Å². The predicted octanol–water partition coefficient (Wildman–Crippen LogP) is 2.35. The first-order chi connectivity index (χ1) is 12.2. The minimum atomic E-state index is -0.981. The summed E-state index contributed by atoms with van der Waals surface area (Å²) in [5.74, 6) is -0.828. The molecule has 0 spiro atoms. The van der Waals surface area contributed by atoms with Crippen molar-refractivity contribution >= 4 is 23.5 Å². The zero-order valence-corrected chi connectivity index (χ0v) is 15.8. The van der Waals surface area contributed by atoms with Crippen LogP contribution in [0.15, 0.2) is 24.3 Å². The molecule has 2 atom stereocenters. The second-order valence-corrected chi connectivity index (χ2v) is 6.86. The molecule has 142 valence electrons.